The molecule has 0 unspecified atom stereocenters. The summed E-state index contributed by atoms with van der Waals surface area (Å²) < 4.78 is 0. The molecule has 5 nitrogen and oxygen atoms in total. The van der Waals surface area contributed by atoms with Crippen LogP contribution in [0, 0.1) is 0 Å². The van der Waals surface area contributed by atoms with Gasteiger partial charge in [0.15, 0.2) is 0 Å². The second kappa shape index (κ2) is 9.87. The van der Waals surface area contributed by atoms with Gasteiger partial charge >= 0.3 is 0 Å². The molecule has 0 aliphatic rings. The van der Waals surface area contributed by atoms with E-state index in [-0.39, 0.29) is 23.6 Å². The van der Waals surface area contributed by atoms with Gasteiger partial charge in [-0.15, -0.1) is 0 Å². The number of H-pyrrole nitrogens is 1. The van der Waals surface area contributed by atoms with Crippen LogP contribution < -0.4 is 10.9 Å². The molecular formula is C20H28N2O3. The number of benzene rings is 1. The first-order valence-electron chi connectivity index (χ1n) is 9.23. The number of aromatic hydroxyl groups is 1. The predicted molar refractivity (Wildman–Crippen MR) is 101 cm³/mol. The molecule has 1 amide bonds. The summed E-state index contributed by atoms with van der Waals surface area (Å²) in [5.74, 6) is -0.340. The first-order chi connectivity index (χ1) is 12.1. The van der Waals surface area contributed by atoms with E-state index in [1.807, 2.05) is 0 Å². The van der Waals surface area contributed by atoms with Crippen LogP contribution in [0.3, 0.4) is 0 Å². The topological polar surface area (TPSA) is 82.2 Å². The Balaban J connectivity index is 1.81. The summed E-state index contributed by atoms with van der Waals surface area (Å²) in [6.45, 7) is 2.81. The van der Waals surface area contributed by atoms with Gasteiger partial charge in [-0.25, -0.2) is 0 Å². The van der Waals surface area contributed by atoms with Gasteiger partial charge in [-0.1, -0.05) is 57.6 Å². The van der Waals surface area contributed by atoms with Gasteiger partial charge in [-0.3, -0.25) is 9.59 Å². The Kier molecular flexibility index (Phi) is 7.51. The Morgan fingerprint density at radius 3 is 2.52 bits per heavy atom. The zero-order valence-corrected chi connectivity index (χ0v) is 14.9. The first-order valence-corrected chi connectivity index (χ1v) is 9.23. The summed E-state index contributed by atoms with van der Waals surface area (Å²) in [5, 5.41) is 13.7. The van der Waals surface area contributed by atoms with E-state index in [9.17, 15) is 14.7 Å². The molecule has 0 aliphatic carbocycles. The lowest BCUT2D eigenvalue weighted by atomic mass is 10.1. The highest BCUT2D eigenvalue weighted by atomic mass is 16.3. The van der Waals surface area contributed by atoms with Gasteiger partial charge in [0.1, 0.15) is 5.75 Å². The molecule has 0 saturated heterocycles. The highest BCUT2D eigenvalue weighted by Gasteiger charge is 2.14. The molecule has 0 radical (unpaired) electrons. The average Bonchev–Trinajstić information content (AvgIpc) is 2.61. The second-order valence-corrected chi connectivity index (χ2v) is 6.47. The number of pyridine rings is 1. The van der Waals surface area contributed by atoms with Crippen LogP contribution in [-0.4, -0.2) is 22.5 Å². The van der Waals surface area contributed by atoms with Crippen molar-refractivity contribution in [2.24, 2.45) is 0 Å². The van der Waals surface area contributed by atoms with Crippen molar-refractivity contribution in [1.29, 1.82) is 0 Å². The van der Waals surface area contributed by atoms with Crippen molar-refractivity contribution in [3.05, 3.63) is 40.2 Å². The van der Waals surface area contributed by atoms with Crippen molar-refractivity contribution in [2.45, 2.75) is 58.3 Å². The Bertz CT molecular complexity index is 752. The van der Waals surface area contributed by atoms with Crippen LogP contribution in [0.15, 0.2) is 29.1 Å². The summed E-state index contributed by atoms with van der Waals surface area (Å²) in [7, 11) is 0. The second-order valence-electron chi connectivity index (χ2n) is 6.47. The molecule has 0 saturated carbocycles. The number of amides is 1. The molecular weight excluding hydrogens is 316 g/mol. The monoisotopic (exact) mass is 344 g/mol. The number of unbranched alkanes of at least 4 members (excludes halogenated alkanes) is 6. The molecule has 1 aromatic carbocycles. The minimum atomic E-state index is -0.415. The smallest absolute Gasteiger partial charge is 0.255 e. The normalized spacial score (nSPS) is 10.9. The Hall–Kier alpha value is -2.30. The summed E-state index contributed by atoms with van der Waals surface area (Å²) in [6, 6.07) is 7.01. The third kappa shape index (κ3) is 5.62. The largest absolute Gasteiger partial charge is 0.507 e. The fourth-order valence-electron chi connectivity index (χ4n) is 2.96. The number of fused-ring (bicyclic) bond motifs is 1. The quantitative estimate of drug-likeness (QED) is 0.575. The number of hydrogen-bond donors (Lipinski definition) is 3. The van der Waals surface area contributed by atoms with E-state index in [1.165, 1.54) is 32.1 Å². The fourth-order valence-corrected chi connectivity index (χ4v) is 2.96. The molecule has 5 heteroatoms. The molecule has 2 aromatic rings. The predicted octanol–water partition coefficient (Wildman–Crippen LogP) is 3.64. The van der Waals surface area contributed by atoms with Crippen LogP contribution in [0.4, 0.5) is 0 Å². The lowest BCUT2D eigenvalue weighted by Gasteiger charge is -2.08. The van der Waals surface area contributed by atoms with Gasteiger partial charge in [0, 0.05) is 11.9 Å². The van der Waals surface area contributed by atoms with Crippen molar-refractivity contribution in [3.8, 4) is 5.75 Å². The number of aromatic amines is 1. The first kappa shape index (κ1) is 19.0. The number of nitrogens with one attached hydrogen (secondary N) is 2. The molecule has 0 fully saturated rings. The van der Waals surface area contributed by atoms with E-state index in [0.717, 1.165) is 12.8 Å². The van der Waals surface area contributed by atoms with Crippen LogP contribution in [0.25, 0.3) is 10.9 Å². The van der Waals surface area contributed by atoms with Crippen LogP contribution >= 0.6 is 0 Å². The Morgan fingerprint density at radius 2 is 1.76 bits per heavy atom. The molecule has 25 heavy (non-hydrogen) atoms. The number of rotatable bonds is 10. The maximum absolute atomic E-state index is 12.1. The summed E-state index contributed by atoms with van der Waals surface area (Å²) in [4.78, 5) is 26.9. The highest BCUT2D eigenvalue weighted by molar-refractivity contribution is 5.88. The molecule has 0 atom stereocenters. The van der Waals surface area contributed by atoms with E-state index in [4.69, 9.17) is 0 Å². The van der Waals surface area contributed by atoms with Crippen LogP contribution in [0.5, 0.6) is 5.75 Å². The minimum Gasteiger partial charge on any atom is -0.507 e. The van der Waals surface area contributed by atoms with E-state index >= 15 is 0 Å². The highest BCUT2D eigenvalue weighted by Crippen LogP contribution is 2.24. The van der Waals surface area contributed by atoms with E-state index in [0.29, 0.717) is 17.4 Å². The molecule has 3 N–H and O–H groups in total. The fraction of sp³-hybridized carbons (Fsp3) is 0.500. The zero-order valence-electron chi connectivity index (χ0n) is 14.9. The van der Waals surface area contributed by atoms with E-state index in [1.54, 1.807) is 24.3 Å². The SMILES string of the molecule is CCCCCCCCCNC(=O)Cc1c(O)c2ccccc2[nH]c1=O. The average molecular weight is 344 g/mol. The standard InChI is InChI=1S/C20H28N2O3/c1-2-3-4-5-6-7-10-13-21-18(23)14-16-19(24)15-11-8-9-12-17(15)22-20(16)25/h8-9,11-12H,2-7,10,13-14H2,1H3,(H,21,23)(H2,22,24,25). The summed E-state index contributed by atoms with van der Waals surface area (Å²) in [5.41, 5.74) is 0.273. The molecule has 2 rings (SSSR count). The van der Waals surface area contributed by atoms with Crippen molar-refractivity contribution in [2.75, 3.05) is 6.54 Å². The Labute approximate surface area is 148 Å². The molecule has 136 valence electrons. The number of hydrogen-bond acceptors (Lipinski definition) is 3. The lowest BCUT2D eigenvalue weighted by Crippen LogP contribution is -2.28. The summed E-state index contributed by atoms with van der Waals surface area (Å²) in [6.07, 6.45) is 8.21. The third-order valence-electron chi connectivity index (χ3n) is 4.43. The Morgan fingerprint density at radius 1 is 1.08 bits per heavy atom. The molecule has 0 spiro atoms. The maximum Gasteiger partial charge on any atom is 0.255 e. The van der Waals surface area contributed by atoms with E-state index in [2.05, 4.69) is 17.2 Å². The van der Waals surface area contributed by atoms with Gasteiger partial charge in [0.05, 0.1) is 17.5 Å². The van der Waals surface area contributed by atoms with Crippen LogP contribution in [0.1, 0.15) is 57.4 Å². The number of para-hydroxylation sites is 1. The number of carbonyl (C=O) groups is 1. The van der Waals surface area contributed by atoms with Crippen LogP contribution in [-0.2, 0) is 11.2 Å². The summed E-state index contributed by atoms with van der Waals surface area (Å²) >= 11 is 0. The zero-order chi connectivity index (χ0) is 18.1. The van der Waals surface area contributed by atoms with Crippen molar-refractivity contribution in [1.82, 2.24) is 10.3 Å². The van der Waals surface area contributed by atoms with Crippen molar-refractivity contribution < 1.29 is 9.90 Å². The lowest BCUT2D eigenvalue weighted by molar-refractivity contribution is -0.120. The van der Waals surface area contributed by atoms with Gasteiger partial charge in [0.2, 0.25) is 5.91 Å². The van der Waals surface area contributed by atoms with Gasteiger partial charge in [-0.05, 0) is 18.6 Å². The van der Waals surface area contributed by atoms with E-state index < -0.39 is 5.56 Å². The number of aromatic nitrogens is 1. The van der Waals surface area contributed by atoms with Crippen molar-refractivity contribution in [3.63, 3.8) is 0 Å². The number of carbonyl (C=O) groups excluding carboxylic acids is 1. The van der Waals surface area contributed by atoms with Gasteiger partial charge < -0.3 is 15.4 Å². The third-order valence-corrected chi connectivity index (χ3v) is 4.43. The molecule has 0 aliphatic heterocycles. The van der Waals surface area contributed by atoms with Gasteiger partial charge in [-0.2, -0.15) is 0 Å². The minimum absolute atomic E-state index is 0.106. The van der Waals surface area contributed by atoms with Gasteiger partial charge in [0.25, 0.3) is 5.56 Å². The molecule has 0 bridgehead atoms. The molecule has 1 heterocycles. The molecule has 1 aromatic heterocycles. The maximum atomic E-state index is 12.1. The van der Waals surface area contributed by atoms with Crippen molar-refractivity contribution >= 4 is 16.8 Å². The van der Waals surface area contributed by atoms with Crippen LogP contribution in [0.2, 0.25) is 0 Å².